The smallest absolute Gasteiger partial charge is 0.329 e. The third-order valence-corrected chi connectivity index (χ3v) is 2.29. The summed E-state index contributed by atoms with van der Waals surface area (Å²) in [5.74, 6) is -0.514. The lowest BCUT2D eigenvalue weighted by Gasteiger charge is -2.24. The van der Waals surface area contributed by atoms with E-state index in [9.17, 15) is 9.59 Å². The third kappa shape index (κ3) is 8.06. The fraction of sp³-hybridized carbons (Fsp3) is 0.846. The van der Waals surface area contributed by atoms with Gasteiger partial charge in [-0.2, -0.15) is 0 Å². The van der Waals surface area contributed by atoms with Gasteiger partial charge in [-0.05, 0) is 46.6 Å². The highest BCUT2D eigenvalue weighted by Crippen LogP contribution is 2.11. The van der Waals surface area contributed by atoms with Crippen molar-refractivity contribution in [1.29, 1.82) is 0 Å². The Morgan fingerprint density at radius 2 is 1.89 bits per heavy atom. The zero-order valence-electron chi connectivity index (χ0n) is 11.9. The van der Waals surface area contributed by atoms with Gasteiger partial charge in [0.05, 0.1) is 0 Å². The summed E-state index contributed by atoms with van der Waals surface area (Å²) >= 11 is 0. The van der Waals surface area contributed by atoms with Gasteiger partial charge >= 0.3 is 5.97 Å². The molecule has 0 bridgehead atoms. The maximum atomic E-state index is 11.9. The van der Waals surface area contributed by atoms with Crippen molar-refractivity contribution in [3.8, 4) is 0 Å². The van der Waals surface area contributed by atoms with Crippen LogP contribution in [0.4, 0.5) is 0 Å². The first kappa shape index (κ1) is 16.9. The van der Waals surface area contributed by atoms with Crippen molar-refractivity contribution >= 4 is 11.9 Å². The molecule has 0 aliphatic carbocycles. The molecule has 5 nitrogen and oxygen atoms in total. The largest absolute Gasteiger partial charge is 0.458 e. The van der Waals surface area contributed by atoms with Crippen LogP contribution >= 0.6 is 0 Å². The number of nitrogens with two attached hydrogens (primary N) is 1. The molecule has 0 aliphatic heterocycles. The summed E-state index contributed by atoms with van der Waals surface area (Å²) in [6.07, 6.45) is 2.56. The van der Waals surface area contributed by atoms with Crippen LogP contribution in [0.3, 0.4) is 0 Å². The second-order valence-electron chi connectivity index (χ2n) is 5.29. The first-order valence-corrected chi connectivity index (χ1v) is 6.52. The highest BCUT2D eigenvalue weighted by atomic mass is 16.6. The van der Waals surface area contributed by atoms with Crippen LogP contribution in [-0.2, 0) is 14.3 Å². The summed E-state index contributed by atoms with van der Waals surface area (Å²) in [5.41, 5.74) is 4.87. The molecule has 0 saturated heterocycles. The van der Waals surface area contributed by atoms with E-state index in [1.165, 1.54) is 0 Å². The standard InChI is InChI=1S/C13H26N2O3/c1-5-11(16)15-10(8-6-7-9-14)12(17)18-13(2,3)4/h10H,5-9,14H2,1-4H3,(H,15,16)/t10-/m0/s1. The monoisotopic (exact) mass is 258 g/mol. The number of ether oxygens (including phenoxy) is 1. The maximum Gasteiger partial charge on any atom is 0.329 e. The Labute approximate surface area is 109 Å². The van der Waals surface area contributed by atoms with Crippen molar-refractivity contribution in [2.24, 2.45) is 5.73 Å². The normalized spacial score (nSPS) is 12.9. The lowest BCUT2D eigenvalue weighted by Crippen LogP contribution is -2.44. The molecule has 18 heavy (non-hydrogen) atoms. The Morgan fingerprint density at radius 1 is 1.28 bits per heavy atom. The maximum absolute atomic E-state index is 11.9. The van der Waals surface area contributed by atoms with Crippen LogP contribution in [0.5, 0.6) is 0 Å². The molecule has 0 aromatic rings. The van der Waals surface area contributed by atoms with E-state index in [4.69, 9.17) is 10.5 Å². The number of rotatable bonds is 7. The number of nitrogens with one attached hydrogen (secondary N) is 1. The minimum atomic E-state index is -0.566. The highest BCUT2D eigenvalue weighted by molar-refractivity contribution is 5.84. The summed E-state index contributed by atoms with van der Waals surface area (Å²) in [5, 5.41) is 2.69. The van der Waals surface area contributed by atoms with E-state index in [0.717, 1.165) is 12.8 Å². The third-order valence-electron chi connectivity index (χ3n) is 2.29. The summed E-state index contributed by atoms with van der Waals surface area (Å²) in [6.45, 7) is 7.76. The molecule has 0 rings (SSSR count). The van der Waals surface area contributed by atoms with Gasteiger partial charge < -0.3 is 15.8 Å². The summed E-state index contributed by atoms with van der Waals surface area (Å²) in [7, 11) is 0. The van der Waals surface area contributed by atoms with E-state index >= 15 is 0 Å². The van der Waals surface area contributed by atoms with Gasteiger partial charge in [-0.25, -0.2) is 4.79 Å². The molecule has 106 valence electrons. The number of esters is 1. The van der Waals surface area contributed by atoms with Gasteiger partial charge in [-0.15, -0.1) is 0 Å². The molecule has 0 unspecified atom stereocenters. The second-order valence-corrected chi connectivity index (χ2v) is 5.29. The van der Waals surface area contributed by atoms with E-state index in [-0.39, 0.29) is 11.9 Å². The number of hydrogen-bond acceptors (Lipinski definition) is 4. The molecule has 0 radical (unpaired) electrons. The van der Waals surface area contributed by atoms with E-state index in [2.05, 4.69) is 5.32 Å². The van der Waals surface area contributed by atoms with Crippen molar-refractivity contribution in [2.75, 3.05) is 6.54 Å². The first-order valence-electron chi connectivity index (χ1n) is 6.52. The summed E-state index contributed by atoms with van der Waals surface area (Å²) < 4.78 is 5.29. The van der Waals surface area contributed by atoms with Crippen molar-refractivity contribution in [1.82, 2.24) is 5.32 Å². The minimum absolute atomic E-state index is 0.140. The molecule has 0 fully saturated rings. The van der Waals surface area contributed by atoms with Gasteiger partial charge in [0.1, 0.15) is 11.6 Å². The van der Waals surface area contributed by atoms with E-state index in [0.29, 0.717) is 19.4 Å². The average Bonchev–Trinajstić information content (AvgIpc) is 2.25. The Bertz CT molecular complexity index is 272. The Kier molecular flexibility index (Phi) is 7.59. The molecule has 0 saturated carbocycles. The van der Waals surface area contributed by atoms with Gasteiger partial charge in [-0.3, -0.25) is 4.79 Å². The molecular weight excluding hydrogens is 232 g/mol. The van der Waals surface area contributed by atoms with E-state index in [1.807, 2.05) is 20.8 Å². The SMILES string of the molecule is CCC(=O)N[C@@H](CCCCN)C(=O)OC(C)(C)C. The number of unbranched alkanes of at least 4 members (excludes halogenated alkanes) is 1. The van der Waals surface area contributed by atoms with Gasteiger partial charge in [-0.1, -0.05) is 6.92 Å². The van der Waals surface area contributed by atoms with E-state index in [1.54, 1.807) is 6.92 Å². The second kappa shape index (κ2) is 8.08. The highest BCUT2D eigenvalue weighted by Gasteiger charge is 2.25. The quantitative estimate of drug-likeness (QED) is 0.533. The predicted octanol–water partition coefficient (Wildman–Crippen LogP) is 1.35. The predicted molar refractivity (Wildman–Crippen MR) is 71.0 cm³/mol. The zero-order valence-corrected chi connectivity index (χ0v) is 11.9. The number of carbonyl (C=O) groups excluding carboxylic acids is 2. The molecule has 1 atom stereocenters. The van der Waals surface area contributed by atoms with Crippen LogP contribution in [0.1, 0.15) is 53.4 Å². The summed E-state index contributed by atoms with van der Waals surface area (Å²) in [6, 6.07) is -0.566. The average molecular weight is 258 g/mol. The van der Waals surface area contributed by atoms with Crippen LogP contribution in [0.15, 0.2) is 0 Å². The number of carbonyl (C=O) groups is 2. The fourth-order valence-corrected chi connectivity index (χ4v) is 1.41. The molecule has 0 aliphatic rings. The number of amides is 1. The van der Waals surface area contributed by atoms with Crippen molar-refractivity contribution in [3.05, 3.63) is 0 Å². The number of hydrogen-bond donors (Lipinski definition) is 2. The molecular formula is C13H26N2O3. The van der Waals surface area contributed by atoms with Gasteiger partial charge in [0, 0.05) is 6.42 Å². The minimum Gasteiger partial charge on any atom is -0.458 e. The van der Waals surface area contributed by atoms with Crippen LogP contribution in [0.2, 0.25) is 0 Å². The topological polar surface area (TPSA) is 81.4 Å². The molecule has 0 heterocycles. The lowest BCUT2D eigenvalue weighted by atomic mass is 10.1. The van der Waals surface area contributed by atoms with Crippen LogP contribution in [0, 0.1) is 0 Å². The van der Waals surface area contributed by atoms with Crippen molar-refractivity contribution < 1.29 is 14.3 Å². The lowest BCUT2D eigenvalue weighted by molar-refractivity contribution is -0.158. The zero-order chi connectivity index (χ0) is 14.2. The summed E-state index contributed by atoms with van der Waals surface area (Å²) in [4.78, 5) is 23.3. The Morgan fingerprint density at radius 3 is 2.33 bits per heavy atom. The molecule has 1 amide bonds. The first-order chi connectivity index (χ1) is 8.30. The van der Waals surface area contributed by atoms with Crippen molar-refractivity contribution in [3.63, 3.8) is 0 Å². The Hall–Kier alpha value is -1.10. The van der Waals surface area contributed by atoms with Crippen LogP contribution < -0.4 is 11.1 Å². The van der Waals surface area contributed by atoms with Gasteiger partial charge in [0.25, 0.3) is 0 Å². The van der Waals surface area contributed by atoms with Gasteiger partial charge in [0.15, 0.2) is 0 Å². The van der Waals surface area contributed by atoms with Crippen LogP contribution in [0.25, 0.3) is 0 Å². The van der Waals surface area contributed by atoms with Crippen molar-refractivity contribution in [2.45, 2.75) is 65.0 Å². The molecule has 3 N–H and O–H groups in total. The molecule has 5 heteroatoms. The molecule has 0 spiro atoms. The van der Waals surface area contributed by atoms with E-state index < -0.39 is 11.6 Å². The molecule has 0 aromatic heterocycles. The fourth-order valence-electron chi connectivity index (χ4n) is 1.41. The van der Waals surface area contributed by atoms with Gasteiger partial charge in [0.2, 0.25) is 5.91 Å². The Balaban J connectivity index is 4.43. The molecule has 0 aromatic carbocycles. The van der Waals surface area contributed by atoms with Crippen LogP contribution in [-0.4, -0.2) is 30.1 Å².